The molecular weight excluding hydrogens is 238 g/mol. The third-order valence-electron chi connectivity index (χ3n) is 2.28. The van der Waals surface area contributed by atoms with Crippen molar-refractivity contribution in [3.05, 3.63) is 45.9 Å². The van der Waals surface area contributed by atoms with Crippen molar-refractivity contribution >= 4 is 17.3 Å². The van der Waals surface area contributed by atoms with E-state index >= 15 is 0 Å². The highest BCUT2D eigenvalue weighted by Crippen LogP contribution is 2.20. The molecule has 4 nitrogen and oxygen atoms in total. The SMILES string of the molecule is Cc1cc(C(=O)O)ccc1OCc1cscn1. The molecule has 5 heteroatoms. The summed E-state index contributed by atoms with van der Waals surface area (Å²) in [7, 11) is 0. The first-order valence-electron chi connectivity index (χ1n) is 5.00. The van der Waals surface area contributed by atoms with Crippen LogP contribution >= 0.6 is 11.3 Å². The number of aryl methyl sites for hydroxylation is 1. The van der Waals surface area contributed by atoms with Crippen LogP contribution in [0.4, 0.5) is 0 Å². The molecule has 1 heterocycles. The fourth-order valence-corrected chi connectivity index (χ4v) is 1.95. The maximum absolute atomic E-state index is 10.8. The summed E-state index contributed by atoms with van der Waals surface area (Å²) in [5.74, 6) is -0.248. The predicted molar refractivity (Wildman–Crippen MR) is 64.6 cm³/mol. The number of benzene rings is 1. The van der Waals surface area contributed by atoms with E-state index in [2.05, 4.69) is 4.98 Å². The molecule has 1 aromatic heterocycles. The molecule has 0 fully saturated rings. The largest absolute Gasteiger partial charge is 0.487 e. The highest BCUT2D eigenvalue weighted by molar-refractivity contribution is 7.07. The van der Waals surface area contributed by atoms with Crippen LogP contribution in [0.5, 0.6) is 5.75 Å². The number of nitrogens with zero attached hydrogens (tertiary/aromatic N) is 1. The lowest BCUT2D eigenvalue weighted by Crippen LogP contribution is -2.00. The lowest BCUT2D eigenvalue weighted by atomic mass is 10.1. The molecule has 88 valence electrons. The van der Waals surface area contributed by atoms with Crippen molar-refractivity contribution in [3.8, 4) is 5.75 Å². The zero-order valence-corrected chi connectivity index (χ0v) is 10.0. The Hall–Kier alpha value is -1.88. The molecule has 0 unspecified atom stereocenters. The minimum atomic E-state index is -0.931. The van der Waals surface area contributed by atoms with E-state index in [4.69, 9.17) is 9.84 Å². The summed E-state index contributed by atoms with van der Waals surface area (Å²) in [5, 5.41) is 10.7. The molecule has 0 radical (unpaired) electrons. The number of hydrogen-bond donors (Lipinski definition) is 1. The van der Waals surface area contributed by atoms with Crippen LogP contribution in [0.15, 0.2) is 29.1 Å². The van der Waals surface area contributed by atoms with Gasteiger partial charge in [0.2, 0.25) is 0 Å². The monoisotopic (exact) mass is 249 g/mol. The summed E-state index contributed by atoms with van der Waals surface area (Å²) in [4.78, 5) is 14.9. The minimum Gasteiger partial charge on any atom is -0.487 e. The number of rotatable bonds is 4. The van der Waals surface area contributed by atoms with Gasteiger partial charge in [-0.1, -0.05) is 0 Å². The summed E-state index contributed by atoms with van der Waals surface area (Å²) >= 11 is 1.52. The van der Waals surface area contributed by atoms with Crippen LogP contribution in [-0.4, -0.2) is 16.1 Å². The zero-order valence-electron chi connectivity index (χ0n) is 9.21. The zero-order chi connectivity index (χ0) is 12.3. The van der Waals surface area contributed by atoms with Crippen LogP contribution in [0.3, 0.4) is 0 Å². The van der Waals surface area contributed by atoms with Crippen LogP contribution < -0.4 is 4.74 Å². The topological polar surface area (TPSA) is 59.4 Å². The van der Waals surface area contributed by atoms with E-state index in [1.165, 1.54) is 17.4 Å². The second-order valence-electron chi connectivity index (χ2n) is 3.55. The number of aromatic nitrogens is 1. The summed E-state index contributed by atoms with van der Waals surface area (Å²) < 4.78 is 5.57. The van der Waals surface area contributed by atoms with Gasteiger partial charge in [-0.2, -0.15) is 0 Å². The number of carbonyl (C=O) groups is 1. The number of carboxylic acids is 1. The Kier molecular flexibility index (Phi) is 3.39. The van der Waals surface area contributed by atoms with E-state index in [0.717, 1.165) is 11.3 Å². The Morgan fingerprint density at radius 1 is 1.53 bits per heavy atom. The molecule has 1 aromatic carbocycles. The maximum Gasteiger partial charge on any atom is 0.335 e. The van der Waals surface area contributed by atoms with E-state index in [-0.39, 0.29) is 5.56 Å². The lowest BCUT2D eigenvalue weighted by molar-refractivity contribution is 0.0696. The minimum absolute atomic E-state index is 0.267. The molecule has 0 atom stereocenters. The predicted octanol–water partition coefficient (Wildman–Crippen LogP) is 2.73. The van der Waals surface area contributed by atoms with Gasteiger partial charge in [-0.3, -0.25) is 0 Å². The van der Waals surface area contributed by atoms with Gasteiger partial charge in [-0.15, -0.1) is 11.3 Å². The molecule has 0 spiro atoms. The normalized spacial score (nSPS) is 10.2. The van der Waals surface area contributed by atoms with Gasteiger partial charge in [0.15, 0.2) is 0 Å². The van der Waals surface area contributed by atoms with Crippen molar-refractivity contribution in [1.29, 1.82) is 0 Å². The highest BCUT2D eigenvalue weighted by atomic mass is 32.1. The first kappa shape index (κ1) is 11.6. The summed E-state index contributed by atoms with van der Waals surface area (Å²) in [6.45, 7) is 2.22. The Labute approximate surface area is 103 Å². The molecule has 2 rings (SSSR count). The van der Waals surface area contributed by atoms with Gasteiger partial charge >= 0.3 is 5.97 Å². The molecule has 0 saturated heterocycles. The van der Waals surface area contributed by atoms with Crippen LogP contribution in [0.1, 0.15) is 21.6 Å². The standard InChI is InChI=1S/C12H11NO3S/c1-8-4-9(12(14)15)2-3-11(8)16-5-10-6-17-7-13-10/h2-4,6-7H,5H2,1H3,(H,14,15). The molecule has 0 amide bonds. The van der Waals surface area contributed by atoms with Crippen LogP contribution in [0.25, 0.3) is 0 Å². The smallest absolute Gasteiger partial charge is 0.335 e. The molecule has 2 aromatic rings. The Balaban J connectivity index is 2.09. The van der Waals surface area contributed by atoms with E-state index in [9.17, 15) is 4.79 Å². The number of hydrogen-bond acceptors (Lipinski definition) is 4. The van der Waals surface area contributed by atoms with E-state index < -0.39 is 5.97 Å². The second kappa shape index (κ2) is 4.97. The van der Waals surface area contributed by atoms with Crippen molar-refractivity contribution in [3.63, 3.8) is 0 Å². The van der Waals surface area contributed by atoms with Crippen LogP contribution in [0, 0.1) is 6.92 Å². The van der Waals surface area contributed by atoms with Gasteiger partial charge in [-0.05, 0) is 30.7 Å². The Morgan fingerprint density at radius 2 is 2.35 bits per heavy atom. The fraction of sp³-hybridized carbons (Fsp3) is 0.167. The quantitative estimate of drug-likeness (QED) is 0.905. The van der Waals surface area contributed by atoms with Crippen LogP contribution in [0.2, 0.25) is 0 Å². The summed E-state index contributed by atoms with van der Waals surface area (Å²) in [5.41, 5.74) is 3.69. The summed E-state index contributed by atoms with van der Waals surface area (Å²) in [6, 6.07) is 4.80. The number of aromatic carboxylic acids is 1. The van der Waals surface area contributed by atoms with Gasteiger partial charge in [0.05, 0.1) is 16.8 Å². The molecule has 0 saturated carbocycles. The van der Waals surface area contributed by atoms with Crippen LogP contribution in [-0.2, 0) is 6.61 Å². The van der Waals surface area contributed by atoms with E-state index in [0.29, 0.717) is 12.4 Å². The maximum atomic E-state index is 10.8. The Morgan fingerprint density at radius 3 is 2.94 bits per heavy atom. The fourth-order valence-electron chi connectivity index (χ4n) is 1.40. The average Bonchev–Trinajstić information content (AvgIpc) is 2.80. The van der Waals surface area contributed by atoms with Gasteiger partial charge in [0.1, 0.15) is 12.4 Å². The third kappa shape index (κ3) is 2.82. The van der Waals surface area contributed by atoms with Gasteiger partial charge in [0.25, 0.3) is 0 Å². The van der Waals surface area contributed by atoms with E-state index in [1.807, 2.05) is 12.3 Å². The van der Waals surface area contributed by atoms with Gasteiger partial charge in [-0.25, -0.2) is 9.78 Å². The first-order valence-corrected chi connectivity index (χ1v) is 5.95. The third-order valence-corrected chi connectivity index (χ3v) is 2.92. The molecule has 0 bridgehead atoms. The number of ether oxygens (including phenoxy) is 1. The average molecular weight is 249 g/mol. The summed E-state index contributed by atoms with van der Waals surface area (Å²) in [6.07, 6.45) is 0. The van der Waals surface area contributed by atoms with E-state index in [1.54, 1.807) is 17.6 Å². The second-order valence-corrected chi connectivity index (χ2v) is 4.27. The van der Waals surface area contributed by atoms with Crippen molar-refractivity contribution in [2.24, 2.45) is 0 Å². The molecule has 0 aliphatic rings. The van der Waals surface area contributed by atoms with Crippen molar-refractivity contribution < 1.29 is 14.6 Å². The van der Waals surface area contributed by atoms with Crippen molar-refractivity contribution in [2.45, 2.75) is 13.5 Å². The molecular formula is C12H11NO3S. The number of carboxylic acid groups (broad SMARTS) is 1. The van der Waals surface area contributed by atoms with Crippen molar-refractivity contribution in [1.82, 2.24) is 4.98 Å². The van der Waals surface area contributed by atoms with Crippen molar-refractivity contribution in [2.75, 3.05) is 0 Å². The highest BCUT2D eigenvalue weighted by Gasteiger charge is 2.06. The van der Waals surface area contributed by atoms with Gasteiger partial charge in [0, 0.05) is 5.38 Å². The molecule has 0 aliphatic carbocycles. The lowest BCUT2D eigenvalue weighted by Gasteiger charge is -2.08. The molecule has 0 aliphatic heterocycles. The number of thiazole rings is 1. The van der Waals surface area contributed by atoms with Gasteiger partial charge < -0.3 is 9.84 Å². The molecule has 17 heavy (non-hydrogen) atoms. The Bertz CT molecular complexity index is 523. The molecule has 1 N–H and O–H groups in total. The first-order chi connectivity index (χ1) is 8.16.